The summed E-state index contributed by atoms with van der Waals surface area (Å²) in [6, 6.07) is 3.44. The standard InChI is InChI=1S/C38H54N4O7/c1-11-14-15-16-24-20-38(24,9)49-36(45)41-32(37(6,7)8)34(43)42-21-30(26(12-2)31(42)35(44)47-22-23(4)5)48-33-27(13-3)39-28-18-17-25(46-10)19-29(28)40-33/h11,13,17-19,23-24,26,30-32H,1,3,12,14-16,20-22H2,2,4-10H3,(H,41,45). The molecule has 2 heterocycles. The van der Waals surface area contributed by atoms with E-state index in [-0.39, 0.29) is 30.9 Å². The van der Waals surface area contributed by atoms with E-state index in [9.17, 15) is 14.4 Å². The number of esters is 1. The van der Waals surface area contributed by atoms with Gasteiger partial charge >= 0.3 is 12.1 Å². The predicted molar refractivity (Wildman–Crippen MR) is 189 cm³/mol. The van der Waals surface area contributed by atoms with Crippen LogP contribution in [-0.4, -0.2) is 76.9 Å². The molecule has 1 aliphatic heterocycles. The molecular weight excluding hydrogens is 624 g/mol. The van der Waals surface area contributed by atoms with Gasteiger partial charge in [-0.2, -0.15) is 0 Å². The van der Waals surface area contributed by atoms with E-state index in [4.69, 9.17) is 23.9 Å². The lowest BCUT2D eigenvalue weighted by molar-refractivity contribution is -0.157. The number of alkyl carbamates (subject to hydrolysis) is 1. The van der Waals surface area contributed by atoms with Crippen molar-refractivity contribution in [2.45, 2.75) is 104 Å². The summed E-state index contributed by atoms with van der Waals surface area (Å²) in [4.78, 5) is 52.6. The zero-order valence-corrected chi connectivity index (χ0v) is 30.4. The maximum atomic E-state index is 14.6. The van der Waals surface area contributed by atoms with Crippen LogP contribution in [-0.2, 0) is 19.1 Å². The van der Waals surface area contributed by atoms with Crippen LogP contribution in [0.15, 0.2) is 37.4 Å². The largest absolute Gasteiger partial charge is 0.497 e. The number of aromatic nitrogens is 2. The number of benzene rings is 1. The van der Waals surface area contributed by atoms with Gasteiger partial charge in [-0.1, -0.05) is 54.2 Å². The van der Waals surface area contributed by atoms with E-state index in [1.54, 1.807) is 31.4 Å². The molecule has 0 spiro atoms. The van der Waals surface area contributed by atoms with Crippen molar-refractivity contribution >= 4 is 35.1 Å². The number of nitrogens with zero attached hydrogens (tertiary/aromatic N) is 3. The molecule has 268 valence electrons. The van der Waals surface area contributed by atoms with E-state index < -0.39 is 53.1 Å². The molecule has 4 rings (SSSR count). The molecule has 1 aliphatic carbocycles. The smallest absolute Gasteiger partial charge is 0.408 e. The Morgan fingerprint density at radius 3 is 2.51 bits per heavy atom. The molecule has 1 saturated heterocycles. The highest BCUT2D eigenvalue weighted by atomic mass is 16.6. The van der Waals surface area contributed by atoms with Crippen LogP contribution in [0.2, 0.25) is 0 Å². The second-order valence-corrected chi connectivity index (χ2v) is 14.9. The minimum Gasteiger partial charge on any atom is -0.497 e. The van der Waals surface area contributed by atoms with Crippen LogP contribution in [0.4, 0.5) is 4.79 Å². The van der Waals surface area contributed by atoms with Crippen molar-refractivity contribution < 1.29 is 33.3 Å². The number of allylic oxidation sites excluding steroid dienone is 1. The Morgan fingerprint density at radius 2 is 1.90 bits per heavy atom. The van der Waals surface area contributed by atoms with E-state index in [0.29, 0.717) is 28.9 Å². The minimum atomic E-state index is -0.991. The van der Waals surface area contributed by atoms with Crippen molar-refractivity contribution in [1.29, 1.82) is 0 Å². The zero-order chi connectivity index (χ0) is 36.1. The summed E-state index contributed by atoms with van der Waals surface area (Å²) in [7, 11) is 1.58. The first kappa shape index (κ1) is 37.7. The molecule has 1 saturated carbocycles. The fourth-order valence-electron chi connectivity index (χ4n) is 6.52. The Morgan fingerprint density at radius 1 is 1.16 bits per heavy atom. The van der Waals surface area contributed by atoms with E-state index in [1.165, 1.54) is 4.90 Å². The molecule has 11 heteroatoms. The second kappa shape index (κ2) is 15.6. The monoisotopic (exact) mass is 678 g/mol. The predicted octanol–water partition coefficient (Wildman–Crippen LogP) is 6.74. The van der Waals surface area contributed by atoms with Gasteiger partial charge in [-0.3, -0.25) is 4.79 Å². The van der Waals surface area contributed by atoms with Gasteiger partial charge in [0.1, 0.15) is 35.2 Å². The molecule has 1 N–H and O–H groups in total. The molecule has 1 aromatic heterocycles. The van der Waals surface area contributed by atoms with Crippen LogP contribution in [0.25, 0.3) is 17.1 Å². The Kier molecular flexibility index (Phi) is 12.0. The molecule has 0 radical (unpaired) electrons. The Labute approximate surface area is 290 Å². The third-order valence-corrected chi connectivity index (χ3v) is 9.49. The van der Waals surface area contributed by atoms with E-state index in [2.05, 4.69) is 23.5 Å². The number of carbonyl (C=O) groups is 3. The Balaban J connectivity index is 1.62. The fourth-order valence-corrected chi connectivity index (χ4v) is 6.52. The third kappa shape index (κ3) is 8.91. The topological polar surface area (TPSA) is 129 Å². The van der Waals surface area contributed by atoms with Gasteiger partial charge in [0, 0.05) is 17.9 Å². The highest BCUT2D eigenvalue weighted by Gasteiger charge is 2.55. The highest BCUT2D eigenvalue weighted by molar-refractivity contribution is 5.91. The first-order chi connectivity index (χ1) is 23.1. The summed E-state index contributed by atoms with van der Waals surface area (Å²) >= 11 is 0. The van der Waals surface area contributed by atoms with Crippen LogP contribution in [0.3, 0.4) is 0 Å². The maximum absolute atomic E-state index is 14.6. The van der Waals surface area contributed by atoms with Crippen LogP contribution in [0.5, 0.6) is 11.6 Å². The summed E-state index contributed by atoms with van der Waals surface area (Å²) in [5, 5.41) is 2.87. The summed E-state index contributed by atoms with van der Waals surface area (Å²) in [6.07, 6.45) is 6.29. The number of likely N-dealkylation sites (tertiary alicyclic amines) is 1. The number of ether oxygens (including phenoxy) is 4. The molecule has 6 unspecified atom stereocenters. The van der Waals surface area contributed by atoms with Gasteiger partial charge in [-0.15, -0.1) is 6.58 Å². The van der Waals surface area contributed by atoms with Crippen LogP contribution in [0.1, 0.15) is 86.3 Å². The molecule has 2 fully saturated rings. The van der Waals surface area contributed by atoms with Crippen molar-refractivity contribution in [3.63, 3.8) is 0 Å². The van der Waals surface area contributed by atoms with E-state index in [0.717, 1.165) is 25.7 Å². The molecular formula is C38H54N4O7. The van der Waals surface area contributed by atoms with Gasteiger partial charge in [0.15, 0.2) is 0 Å². The van der Waals surface area contributed by atoms with Crippen LogP contribution < -0.4 is 14.8 Å². The highest BCUT2D eigenvalue weighted by Crippen LogP contribution is 2.49. The summed E-state index contributed by atoms with van der Waals surface area (Å²) < 4.78 is 23.5. The SMILES string of the molecule is C=CCCCC1CC1(C)OC(=O)NC(C(=O)N1CC(Oc2nc3cc(OC)ccc3nc2C=C)C(CC)C1C(=O)OCC(C)C)C(C)(C)C. The number of nitrogens with one attached hydrogen (secondary N) is 1. The molecule has 49 heavy (non-hydrogen) atoms. The van der Waals surface area contributed by atoms with Crippen molar-refractivity contribution in [1.82, 2.24) is 20.2 Å². The lowest BCUT2D eigenvalue weighted by Crippen LogP contribution is -2.57. The maximum Gasteiger partial charge on any atom is 0.408 e. The van der Waals surface area contributed by atoms with Gasteiger partial charge in [0.2, 0.25) is 11.8 Å². The van der Waals surface area contributed by atoms with Crippen molar-refractivity contribution in [2.75, 3.05) is 20.3 Å². The number of unbranched alkanes of at least 4 members (excludes halogenated alkanes) is 1. The molecule has 2 amide bonds. The van der Waals surface area contributed by atoms with Gasteiger partial charge in [0.25, 0.3) is 0 Å². The Bertz CT molecular complexity index is 1540. The minimum absolute atomic E-state index is 0.0690. The number of hydrogen-bond acceptors (Lipinski definition) is 9. The summed E-state index contributed by atoms with van der Waals surface area (Å²) in [5.41, 5.74) is 0.352. The number of fused-ring (bicyclic) bond motifs is 1. The molecule has 2 aromatic rings. The van der Waals surface area contributed by atoms with Gasteiger partial charge < -0.3 is 29.2 Å². The number of amides is 2. The fraction of sp³-hybridized carbons (Fsp3) is 0.605. The number of methoxy groups -OCH3 is 1. The first-order valence-electron chi connectivity index (χ1n) is 17.4. The average Bonchev–Trinajstić information content (AvgIpc) is 3.53. The summed E-state index contributed by atoms with van der Waals surface area (Å²) in [5.74, 6) is -0.137. The lowest BCUT2D eigenvalue weighted by atomic mass is 9.85. The normalized spacial score (nSPS) is 23.9. The number of carbonyl (C=O) groups excluding carboxylic acids is 3. The van der Waals surface area contributed by atoms with Crippen LogP contribution in [0, 0.1) is 23.2 Å². The van der Waals surface area contributed by atoms with Crippen molar-refractivity contribution in [2.24, 2.45) is 23.2 Å². The quantitative estimate of drug-likeness (QED) is 0.124. The van der Waals surface area contributed by atoms with E-state index >= 15 is 0 Å². The van der Waals surface area contributed by atoms with E-state index in [1.807, 2.05) is 54.5 Å². The van der Waals surface area contributed by atoms with Crippen molar-refractivity contribution in [3.8, 4) is 11.6 Å². The zero-order valence-electron chi connectivity index (χ0n) is 30.4. The Hall–Kier alpha value is -4.15. The third-order valence-electron chi connectivity index (χ3n) is 9.49. The lowest BCUT2D eigenvalue weighted by Gasteiger charge is -2.35. The number of rotatable bonds is 15. The summed E-state index contributed by atoms with van der Waals surface area (Å²) in [6.45, 7) is 21.3. The average molecular weight is 679 g/mol. The van der Waals surface area contributed by atoms with Gasteiger partial charge in [0.05, 0.1) is 31.3 Å². The van der Waals surface area contributed by atoms with Gasteiger partial charge in [-0.05, 0) is 68.6 Å². The van der Waals surface area contributed by atoms with Gasteiger partial charge in [-0.25, -0.2) is 19.6 Å². The molecule has 6 atom stereocenters. The number of hydrogen-bond donors (Lipinski definition) is 1. The van der Waals surface area contributed by atoms with Crippen LogP contribution >= 0.6 is 0 Å². The molecule has 1 aromatic carbocycles. The molecule has 0 bridgehead atoms. The molecule has 2 aliphatic rings. The second-order valence-electron chi connectivity index (χ2n) is 14.9. The first-order valence-corrected chi connectivity index (χ1v) is 17.4. The molecule has 11 nitrogen and oxygen atoms in total. The van der Waals surface area contributed by atoms with Crippen molar-refractivity contribution in [3.05, 3.63) is 43.1 Å².